The number of nitrogens with one attached hydrogen (secondary N) is 1. The second-order valence-corrected chi connectivity index (χ2v) is 10.9. The van der Waals surface area contributed by atoms with Crippen LogP contribution in [0.25, 0.3) is 0 Å². The highest BCUT2D eigenvalue weighted by Crippen LogP contribution is 2.38. The van der Waals surface area contributed by atoms with Gasteiger partial charge in [-0.15, -0.1) is 0 Å². The van der Waals surface area contributed by atoms with Crippen molar-refractivity contribution in [3.05, 3.63) is 46.1 Å². The monoisotopic (exact) mass is 568 g/mol. The fourth-order valence-electron chi connectivity index (χ4n) is 4.81. The number of nitrogens with zero attached hydrogens (tertiary/aromatic N) is 1. The van der Waals surface area contributed by atoms with E-state index in [2.05, 4.69) is 10.5 Å². The van der Waals surface area contributed by atoms with Crippen LogP contribution in [-0.2, 0) is 19.9 Å². The van der Waals surface area contributed by atoms with Crippen LogP contribution >= 0.6 is 11.6 Å². The van der Waals surface area contributed by atoms with E-state index in [0.29, 0.717) is 86.5 Å². The standard InChI is InChI=1S/C29H42ClFN2O6/c1-29(2,31)24-9-8-23(19-25(24)30)27(35)10-5-21-3-6-22(7-4-21)26-20-28(39-33-26)32-11-13-36-15-17-38-18-16-37-14-12-34/h8-9,19-22,32,34H,3-7,10-18H2,1-2H3. The van der Waals surface area contributed by atoms with Gasteiger partial charge in [0, 0.05) is 41.1 Å². The van der Waals surface area contributed by atoms with E-state index in [1.54, 1.807) is 18.2 Å². The number of halogens is 2. The number of alkyl halides is 1. The van der Waals surface area contributed by atoms with E-state index in [4.69, 9.17) is 35.4 Å². The quantitative estimate of drug-likeness (QED) is 0.169. The molecule has 0 spiro atoms. The summed E-state index contributed by atoms with van der Waals surface area (Å²) in [5.74, 6) is 1.55. The topological polar surface area (TPSA) is 103 Å². The first-order valence-electron chi connectivity index (χ1n) is 13.8. The molecule has 39 heavy (non-hydrogen) atoms. The number of aliphatic hydroxyl groups excluding tert-OH is 1. The Bertz CT molecular complexity index is 1000. The summed E-state index contributed by atoms with van der Waals surface area (Å²) >= 11 is 6.23. The molecule has 218 valence electrons. The zero-order valence-electron chi connectivity index (χ0n) is 23.1. The molecule has 1 aliphatic carbocycles. The van der Waals surface area contributed by atoms with Gasteiger partial charge in [0.2, 0.25) is 5.88 Å². The molecule has 0 saturated heterocycles. The highest BCUT2D eigenvalue weighted by molar-refractivity contribution is 6.31. The highest BCUT2D eigenvalue weighted by Gasteiger charge is 2.26. The van der Waals surface area contributed by atoms with Gasteiger partial charge in [-0.1, -0.05) is 28.9 Å². The van der Waals surface area contributed by atoms with Crippen molar-refractivity contribution in [2.24, 2.45) is 5.92 Å². The average molecular weight is 569 g/mol. The summed E-state index contributed by atoms with van der Waals surface area (Å²) in [6.07, 6.45) is 5.44. The Hall–Kier alpha value is -2.04. The molecule has 0 atom stereocenters. The van der Waals surface area contributed by atoms with Crippen LogP contribution in [0.15, 0.2) is 28.8 Å². The van der Waals surface area contributed by atoms with E-state index >= 15 is 0 Å². The molecular weight excluding hydrogens is 527 g/mol. The second-order valence-electron chi connectivity index (χ2n) is 10.5. The van der Waals surface area contributed by atoms with Crippen LogP contribution in [-0.4, -0.2) is 68.8 Å². The number of rotatable bonds is 18. The van der Waals surface area contributed by atoms with Crippen LogP contribution < -0.4 is 5.32 Å². The Labute approximate surface area is 235 Å². The molecule has 1 aromatic carbocycles. The predicted molar refractivity (Wildman–Crippen MR) is 148 cm³/mol. The zero-order chi connectivity index (χ0) is 28.1. The third kappa shape index (κ3) is 10.8. The molecule has 1 fully saturated rings. The van der Waals surface area contributed by atoms with Gasteiger partial charge in [-0.25, -0.2) is 4.39 Å². The van der Waals surface area contributed by atoms with Gasteiger partial charge in [-0.05, 0) is 57.9 Å². The van der Waals surface area contributed by atoms with Crippen molar-refractivity contribution in [1.29, 1.82) is 0 Å². The van der Waals surface area contributed by atoms with Gasteiger partial charge in [0.1, 0.15) is 5.67 Å². The lowest BCUT2D eigenvalue weighted by Gasteiger charge is -2.27. The molecule has 1 aliphatic rings. The van der Waals surface area contributed by atoms with E-state index in [1.807, 2.05) is 6.07 Å². The van der Waals surface area contributed by atoms with Crippen LogP contribution in [0.4, 0.5) is 10.3 Å². The second kappa shape index (κ2) is 16.3. The summed E-state index contributed by atoms with van der Waals surface area (Å²) in [4.78, 5) is 12.7. The Morgan fingerprint density at radius 1 is 1.08 bits per heavy atom. The minimum Gasteiger partial charge on any atom is -0.394 e. The molecule has 0 unspecified atom stereocenters. The Balaban J connectivity index is 1.28. The van der Waals surface area contributed by atoms with Gasteiger partial charge >= 0.3 is 0 Å². The molecule has 10 heteroatoms. The van der Waals surface area contributed by atoms with Crippen LogP contribution in [0.5, 0.6) is 0 Å². The number of hydrogen-bond donors (Lipinski definition) is 2. The van der Waals surface area contributed by atoms with Gasteiger partial charge in [-0.3, -0.25) is 4.79 Å². The summed E-state index contributed by atoms with van der Waals surface area (Å²) in [5.41, 5.74) is 0.372. The summed E-state index contributed by atoms with van der Waals surface area (Å²) in [7, 11) is 0. The maximum absolute atomic E-state index is 14.2. The number of hydrogen-bond acceptors (Lipinski definition) is 8. The molecule has 0 bridgehead atoms. The van der Waals surface area contributed by atoms with Crippen LogP contribution in [0.2, 0.25) is 5.02 Å². The van der Waals surface area contributed by atoms with Gasteiger partial charge in [0.15, 0.2) is 5.78 Å². The fourth-order valence-corrected chi connectivity index (χ4v) is 5.22. The number of aliphatic hydroxyl groups is 1. The number of anilines is 1. The first-order valence-corrected chi connectivity index (χ1v) is 14.2. The number of ether oxygens (including phenoxy) is 3. The van der Waals surface area contributed by atoms with Crippen molar-refractivity contribution < 1.29 is 33.0 Å². The number of Topliss-reactive ketones (excluding diaryl/α,β-unsaturated/α-hetero) is 1. The van der Waals surface area contributed by atoms with E-state index in [9.17, 15) is 9.18 Å². The van der Waals surface area contributed by atoms with Crippen LogP contribution in [0.3, 0.4) is 0 Å². The number of benzene rings is 1. The molecule has 3 rings (SSSR count). The lowest BCUT2D eigenvalue weighted by atomic mass is 9.78. The van der Waals surface area contributed by atoms with Crippen molar-refractivity contribution in [3.63, 3.8) is 0 Å². The molecule has 2 aromatic rings. The first kappa shape index (κ1) is 31.5. The van der Waals surface area contributed by atoms with Crippen molar-refractivity contribution in [2.45, 2.75) is 64.0 Å². The zero-order valence-corrected chi connectivity index (χ0v) is 23.8. The summed E-state index contributed by atoms with van der Waals surface area (Å²) in [5, 5.41) is 16.4. The van der Waals surface area contributed by atoms with Gasteiger partial charge in [0.25, 0.3) is 0 Å². The smallest absolute Gasteiger partial charge is 0.224 e. The number of carbonyl (C=O) groups excluding carboxylic acids is 1. The molecule has 1 saturated carbocycles. The van der Waals surface area contributed by atoms with E-state index in [0.717, 1.165) is 37.8 Å². The normalized spacial score (nSPS) is 17.9. The summed E-state index contributed by atoms with van der Waals surface area (Å²) < 4.78 is 35.7. The Morgan fingerprint density at radius 2 is 1.74 bits per heavy atom. The Morgan fingerprint density at radius 3 is 2.38 bits per heavy atom. The van der Waals surface area contributed by atoms with Gasteiger partial charge in [0.05, 0.1) is 51.9 Å². The number of aromatic nitrogens is 1. The van der Waals surface area contributed by atoms with Crippen molar-refractivity contribution in [1.82, 2.24) is 5.16 Å². The predicted octanol–water partition coefficient (Wildman–Crippen LogP) is 5.92. The molecule has 0 radical (unpaired) electrons. The van der Waals surface area contributed by atoms with E-state index in [1.165, 1.54) is 13.8 Å². The summed E-state index contributed by atoms with van der Waals surface area (Å²) in [6, 6.07) is 6.85. The maximum Gasteiger partial charge on any atom is 0.224 e. The molecule has 2 N–H and O–H groups in total. The van der Waals surface area contributed by atoms with Crippen molar-refractivity contribution in [3.8, 4) is 0 Å². The largest absolute Gasteiger partial charge is 0.394 e. The average Bonchev–Trinajstić information content (AvgIpc) is 3.39. The molecule has 8 nitrogen and oxygen atoms in total. The maximum atomic E-state index is 14.2. The summed E-state index contributed by atoms with van der Waals surface area (Å²) in [6.45, 7) is 6.32. The minimum absolute atomic E-state index is 0.0184. The molecule has 0 aliphatic heterocycles. The molecule has 0 amide bonds. The Kier molecular flexibility index (Phi) is 13.1. The third-order valence-corrected chi connectivity index (χ3v) is 7.34. The number of carbonyl (C=O) groups is 1. The van der Waals surface area contributed by atoms with Crippen LogP contribution in [0, 0.1) is 5.92 Å². The van der Waals surface area contributed by atoms with Crippen molar-refractivity contribution in [2.75, 3.05) is 58.1 Å². The minimum atomic E-state index is -1.54. The highest BCUT2D eigenvalue weighted by atomic mass is 35.5. The lowest BCUT2D eigenvalue weighted by molar-refractivity contribution is 0.00917. The van der Waals surface area contributed by atoms with E-state index in [-0.39, 0.29) is 12.4 Å². The van der Waals surface area contributed by atoms with Crippen LogP contribution in [0.1, 0.15) is 79.9 Å². The lowest BCUT2D eigenvalue weighted by Crippen LogP contribution is -2.15. The molecular formula is C29H42ClFN2O6. The van der Waals surface area contributed by atoms with Gasteiger partial charge < -0.3 is 29.2 Å². The van der Waals surface area contributed by atoms with E-state index < -0.39 is 5.67 Å². The van der Waals surface area contributed by atoms with Crippen molar-refractivity contribution >= 4 is 23.3 Å². The third-order valence-electron chi connectivity index (χ3n) is 7.03. The molecule has 1 aromatic heterocycles. The number of ketones is 1. The molecule has 1 heterocycles. The SMILES string of the molecule is CC(C)(F)c1ccc(C(=O)CCC2CCC(c3cc(NCCOCCOCCOCCO)on3)CC2)cc1Cl. The first-order chi connectivity index (χ1) is 18.8. The van der Waals surface area contributed by atoms with Gasteiger partial charge in [-0.2, -0.15) is 0 Å². The fraction of sp³-hybridized carbons (Fsp3) is 0.655.